The molecule has 0 spiro atoms. The largest absolute Gasteiger partial charge is 0.417 e. The van der Waals surface area contributed by atoms with E-state index >= 15 is 0 Å². The molecule has 0 bridgehead atoms. The van der Waals surface area contributed by atoms with E-state index in [1.165, 1.54) is 12.1 Å². The molecule has 1 saturated heterocycles. The first-order chi connectivity index (χ1) is 15.4. The summed E-state index contributed by atoms with van der Waals surface area (Å²) in [4.78, 5) is 26.3. The lowest BCUT2D eigenvalue weighted by molar-refractivity contribution is -0.137. The van der Waals surface area contributed by atoms with E-state index in [0.717, 1.165) is 22.6 Å². The van der Waals surface area contributed by atoms with Crippen molar-refractivity contribution in [1.29, 1.82) is 5.26 Å². The molecule has 1 atom stereocenters. The number of carbonyl (C=O) groups excluding carboxylic acids is 2. The van der Waals surface area contributed by atoms with Gasteiger partial charge < -0.3 is 5.32 Å². The maximum absolute atomic E-state index is 13.4. The molecule has 2 amide bonds. The summed E-state index contributed by atoms with van der Waals surface area (Å²) in [6, 6.07) is 11.8. The molecule has 0 aliphatic carbocycles. The van der Waals surface area contributed by atoms with Crippen LogP contribution in [0.15, 0.2) is 42.5 Å². The zero-order valence-corrected chi connectivity index (χ0v) is 19.1. The molecule has 2 aromatic carbocycles. The van der Waals surface area contributed by atoms with Crippen molar-refractivity contribution in [3.8, 4) is 6.07 Å². The van der Waals surface area contributed by atoms with Gasteiger partial charge in [-0.25, -0.2) is 0 Å². The third-order valence-corrected chi connectivity index (χ3v) is 6.46. The summed E-state index contributed by atoms with van der Waals surface area (Å²) in [7, 11) is 1.55. The van der Waals surface area contributed by atoms with Crippen LogP contribution in [0.2, 0.25) is 0 Å². The molecule has 3 rings (SSSR count). The molecular weight excluding hydrogens is 451 g/mol. The van der Waals surface area contributed by atoms with Gasteiger partial charge in [-0.2, -0.15) is 18.4 Å². The van der Waals surface area contributed by atoms with Crippen LogP contribution >= 0.6 is 12.2 Å². The van der Waals surface area contributed by atoms with Gasteiger partial charge in [0, 0.05) is 18.5 Å². The van der Waals surface area contributed by atoms with Crippen LogP contribution in [0.3, 0.4) is 0 Å². The second-order valence-corrected chi connectivity index (χ2v) is 8.83. The van der Waals surface area contributed by atoms with Crippen LogP contribution in [-0.4, -0.2) is 23.9 Å². The molecule has 1 aliphatic rings. The Morgan fingerprint density at radius 3 is 2.39 bits per heavy atom. The predicted octanol–water partition coefficient (Wildman–Crippen LogP) is 4.89. The number of benzene rings is 2. The first kappa shape index (κ1) is 24.4. The molecule has 2 aromatic rings. The number of aryl methyl sites for hydroxylation is 1. The number of anilines is 1. The Hall–Kier alpha value is -3.25. The summed E-state index contributed by atoms with van der Waals surface area (Å²) < 4.78 is 40.3. The smallest absolute Gasteiger partial charge is 0.355 e. The van der Waals surface area contributed by atoms with Crippen LogP contribution < -0.4 is 10.2 Å². The van der Waals surface area contributed by atoms with Gasteiger partial charge in [-0.05, 0) is 48.7 Å². The Balaban J connectivity index is 1.86. The van der Waals surface area contributed by atoms with Gasteiger partial charge in [0.1, 0.15) is 0 Å². The fourth-order valence-corrected chi connectivity index (χ4v) is 4.61. The van der Waals surface area contributed by atoms with Crippen molar-refractivity contribution in [1.82, 2.24) is 5.32 Å². The minimum atomic E-state index is -4.73. The molecule has 0 aromatic heterocycles. The zero-order chi connectivity index (χ0) is 24.6. The average Bonchev–Trinajstić information content (AvgIpc) is 2.94. The normalized spacial score (nSPS) is 17.7. The lowest BCUT2D eigenvalue weighted by atomic mass is 9.78. The Labute approximate surface area is 195 Å². The highest BCUT2D eigenvalue weighted by Gasteiger charge is 2.51. The fraction of sp³-hybridized carbons (Fsp3) is 0.333. The minimum Gasteiger partial charge on any atom is -0.355 e. The lowest BCUT2D eigenvalue weighted by Crippen LogP contribution is -2.32. The third kappa shape index (κ3) is 4.62. The van der Waals surface area contributed by atoms with E-state index in [0.29, 0.717) is 18.4 Å². The second kappa shape index (κ2) is 8.94. The number of nitrogens with one attached hydrogen (secondary N) is 1. The number of nitrogens with zero attached hydrogens (tertiary/aromatic N) is 2. The molecule has 0 saturated carbocycles. The van der Waals surface area contributed by atoms with Crippen molar-refractivity contribution in [2.24, 2.45) is 11.3 Å². The average molecular weight is 474 g/mol. The minimum absolute atomic E-state index is 0.00170. The highest BCUT2D eigenvalue weighted by atomic mass is 32.1. The summed E-state index contributed by atoms with van der Waals surface area (Å²) in [5, 5.41) is 11.6. The number of amides is 2. The predicted molar refractivity (Wildman–Crippen MR) is 122 cm³/mol. The van der Waals surface area contributed by atoms with Crippen molar-refractivity contribution in [3.63, 3.8) is 0 Å². The molecule has 1 aliphatic heterocycles. The first-order valence-electron chi connectivity index (χ1n) is 10.2. The van der Waals surface area contributed by atoms with Gasteiger partial charge in [-0.3, -0.25) is 14.5 Å². The number of carbonyl (C=O) groups is 2. The molecule has 1 heterocycles. The Bertz CT molecular complexity index is 1150. The summed E-state index contributed by atoms with van der Waals surface area (Å²) >= 11 is 5.56. The van der Waals surface area contributed by atoms with Crippen LogP contribution in [0.4, 0.5) is 18.9 Å². The summed E-state index contributed by atoms with van der Waals surface area (Å²) in [5.41, 5.74) is -1.05. The van der Waals surface area contributed by atoms with E-state index in [1.807, 2.05) is 12.1 Å². The first-order valence-corrected chi connectivity index (χ1v) is 10.6. The summed E-state index contributed by atoms with van der Waals surface area (Å²) in [6.07, 6.45) is -3.65. The number of rotatable bonds is 5. The van der Waals surface area contributed by atoms with E-state index in [2.05, 4.69) is 5.32 Å². The molecule has 5 nitrogen and oxygen atoms in total. The second-order valence-electron chi connectivity index (χ2n) is 8.41. The Kier molecular flexibility index (Phi) is 6.61. The SMILES string of the molecule is CNC(=O)c1ccc(CCC2C(=S)N(c3ccc(C#N)c(C(F)(F)F)c3)C(=O)C2(C)C)cc1. The maximum atomic E-state index is 13.4. The van der Waals surface area contributed by atoms with Gasteiger partial charge in [0.05, 0.1) is 33.3 Å². The number of halogens is 3. The van der Waals surface area contributed by atoms with Gasteiger partial charge in [0.2, 0.25) is 5.91 Å². The third-order valence-electron chi connectivity index (χ3n) is 6.00. The topological polar surface area (TPSA) is 73.2 Å². The van der Waals surface area contributed by atoms with E-state index in [9.17, 15) is 22.8 Å². The zero-order valence-electron chi connectivity index (χ0n) is 18.3. The Morgan fingerprint density at radius 2 is 1.85 bits per heavy atom. The highest BCUT2D eigenvalue weighted by Crippen LogP contribution is 2.44. The summed E-state index contributed by atoms with van der Waals surface area (Å²) in [5.74, 6) is -0.949. The quantitative estimate of drug-likeness (QED) is 0.628. The van der Waals surface area contributed by atoms with E-state index in [4.69, 9.17) is 17.5 Å². The Morgan fingerprint density at radius 1 is 1.21 bits per heavy atom. The van der Waals surface area contributed by atoms with E-state index < -0.39 is 22.7 Å². The van der Waals surface area contributed by atoms with Crippen LogP contribution in [0.1, 0.15) is 47.3 Å². The van der Waals surface area contributed by atoms with Gasteiger partial charge in [-0.15, -0.1) is 0 Å². The van der Waals surface area contributed by atoms with Crippen LogP contribution in [0.5, 0.6) is 0 Å². The lowest BCUT2D eigenvalue weighted by Gasteiger charge is -2.22. The van der Waals surface area contributed by atoms with Crippen LogP contribution in [0.25, 0.3) is 0 Å². The van der Waals surface area contributed by atoms with Crippen molar-refractivity contribution in [3.05, 3.63) is 64.7 Å². The fourth-order valence-electron chi connectivity index (χ4n) is 4.01. The van der Waals surface area contributed by atoms with E-state index in [-0.39, 0.29) is 28.4 Å². The standard InChI is InChI=1S/C24H22F3N3O2S/c1-23(2)18(11-6-14-4-7-15(8-5-14)20(31)29-3)21(33)30(22(23)32)17-10-9-16(13-28)19(12-17)24(25,26)27/h4-5,7-10,12,18H,6,11H2,1-3H3,(H,29,31). The number of thiocarbonyl (C=S) groups is 1. The summed E-state index contributed by atoms with van der Waals surface area (Å²) in [6.45, 7) is 3.46. The van der Waals surface area contributed by atoms with E-state index in [1.54, 1.807) is 33.0 Å². The number of alkyl halides is 3. The molecular formula is C24H22F3N3O2S. The molecule has 9 heteroatoms. The van der Waals surface area contributed by atoms with Gasteiger partial charge in [0.25, 0.3) is 5.91 Å². The number of hydrogen-bond donors (Lipinski definition) is 1. The molecule has 1 unspecified atom stereocenters. The highest BCUT2D eigenvalue weighted by molar-refractivity contribution is 7.80. The van der Waals surface area contributed by atoms with Crippen LogP contribution in [-0.2, 0) is 17.4 Å². The van der Waals surface area contributed by atoms with Crippen molar-refractivity contribution < 1.29 is 22.8 Å². The van der Waals surface area contributed by atoms with Gasteiger partial charge in [-0.1, -0.05) is 38.2 Å². The molecule has 1 fully saturated rings. The molecule has 172 valence electrons. The number of nitriles is 1. The number of hydrogen-bond acceptors (Lipinski definition) is 4. The monoisotopic (exact) mass is 473 g/mol. The van der Waals surface area contributed by atoms with Crippen molar-refractivity contribution >= 4 is 34.7 Å². The molecule has 33 heavy (non-hydrogen) atoms. The van der Waals surface area contributed by atoms with Gasteiger partial charge >= 0.3 is 6.18 Å². The maximum Gasteiger partial charge on any atom is 0.417 e. The van der Waals surface area contributed by atoms with Crippen molar-refractivity contribution in [2.45, 2.75) is 32.9 Å². The van der Waals surface area contributed by atoms with Crippen LogP contribution in [0, 0.1) is 22.7 Å². The van der Waals surface area contributed by atoms with Crippen molar-refractivity contribution in [2.75, 3.05) is 11.9 Å². The molecule has 0 radical (unpaired) electrons. The molecule has 1 N–H and O–H groups in total. The van der Waals surface area contributed by atoms with Gasteiger partial charge in [0.15, 0.2) is 0 Å².